The molecule has 0 spiro atoms. The molecule has 0 atom stereocenters. The molecular formula is C22H22N2O9S. The van der Waals surface area contributed by atoms with Crippen molar-refractivity contribution in [2.45, 2.75) is 0 Å². The highest BCUT2D eigenvalue weighted by atomic mass is 32.3. The van der Waals surface area contributed by atoms with Crippen LogP contribution in [0.15, 0.2) is 47.3 Å². The van der Waals surface area contributed by atoms with Gasteiger partial charge in [0.1, 0.15) is 34.4 Å². The van der Waals surface area contributed by atoms with Gasteiger partial charge in [0.2, 0.25) is 0 Å². The highest BCUT2D eigenvalue weighted by molar-refractivity contribution is 7.79. The summed E-state index contributed by atoms with van der Waals surface area (Å²) < 4.78 is 37.0. The van der Waals surface area contributed by atoms with Gasteiger partial charge in [-0.25, -0.2) is 0 Å². The minimum absolute atomic E-state index is 0. The van der Waals surface area contributed by atoms with E-state index in [0.717, 1.165) is 0 Å². The normalized spacial score (nSPS) is 11.5. The molecular weight excluding hydrogens is 468 g/mol. The van der Waals surface area contributed by atoms with Crippen LogP contribution in [0.25, 0.3) is 24.3 Å². The van der Waals surface area contributed by atoms with E-state index >= 15 is 0 Å². The Hall–Kier alpha value is -4.13. The van der Waals surface area contributed by atoms with Crippen molar-refractivity contribution in [2.75, 3.05) is 0 Å². The predicted molar refractivity (Wildman–Crippen MR) is 122 cm³/mol. The molecule has 0 saturated heterocycles. The second kappa shape index (κ2) is 10.7. The summed E-state index contributed by atoms with van der Waals surface area (Å²) in [7, 11) is -1.88. The summed E-state index contributed by atoms with van der Waals surface area (Å²) in [6, 6.07) is 10.2. The maximum Gasteiger partial charge on any atom is 1.00 e. The molecule has 2 aromatic carbocycles. The third kappa shape index (κ3) is 8.09. The van der Waals surface area contributed by atoms with Crippen LogP contribution in [-0.2, 0) is 24.5 Å². The zero-order chi connectivity index (χ0) is 25.6. The SMILES string of the molecule is Cn1c(/C=C/c2cc(O)cc(O)c2)cc(/C=C/c2cc(O)cc(O)c2)[n+](C)c1=O.O=S(=O)([O-])[O-].[H+]. The third-order valence-corrected chi connectivity index (χ3v) is 4.39. The summed E-state index contributed by atoms with van der Waals surface area (Å²) in [6.45, 7) is 0. The van der Waals surface area contributed by atoms with E-state index in [1.54, 1.807) is 44.5 Å². The number of rotatable bonds is 4. The fourth-order valence-electron chi connectivity index (χ4n) is 2.90. The van der Waals surface area contributed by atoms with E-state index in [1.165, 1.54) is 45.5 Å². The maximum absolute atomic E-state index is 12.5. The summed E-state index contributed by atoms with van der Waals surface area (Å²) >= 11 is 0. The van der Waals surface area contributed by atoms with Crippen LogP contribution in [0.1, 0.15) is 23.9 Å². The van der Waals surface area contributed by atoms with Gasteiger partial charge < -0.3 is 29.5 Å². The van der Waals surface area contributed by atoms with E-state index in [2.05, 4.69) is 0 Å². The smallest absolute Gasteiger partial charge is 0.759 e. The average Bonchev–Trinajstić information content (AvgIpc) is 2.68. The molecule has 0 amide bonds. The number of hydrogen-bond acceptors (Lipinski definition) is 9. The zero-order valence-electron chi connectivity index (χ0n) is 19.0. The molecule has 1 aromatic heterocycles. The molecule has 4 N–H and O–H groups in total. The van der Waals surface area contributed by atoms with Gasteiger partial charge in [-0.2, -0.15) is 13.9 Å². The fourth-order valence-corrected chi connectivity index (χ4v) is 2.90. The van der Waals surface area contributed by atoms with Crippen molar-refractivity contribution in [3.63, 3.8) is 0 Å². The van der Waals surface area contributed by atoms with Crippen LogP contribution < -0.4 is 10.3 Å². The van der Waals surface area contributed by atoms with Crippen molar-refractivity contribution in [3.05, 3.63) is 75.5 Å². The topological polar surface area (TPSA) is 187 Å². The Morgan fingerprint density at radius 2 is 1.18 bits per heavy atom. The quantitative estimate of drug-likeness (QED) is 0.236. The van der Waals surface area contributed by atoms with Gasteiger partial charge in [0.25, 0.3) is 0 Å². The first-order valence-electron chi connectivity index (χ1n) is 9.42. The molecule has 0 fully saturated rings. The van der Waals surface area contributed by atoms with E-state index in [-0.39, 0.29) is 30.1 Å². The lowest BCUT2D eigenvalue weighted by atomic mass is 10.1. The van der Waals surface area contributed by atoms with Crippen LogP contribution in [-0.4, -0.2) is 42.5 Å². The Bertz CT molecular complexity index is 1290. The molecule has 0 saturated carbocycles. The Morgan fingerprint density at radius 1 is 0.794 bits per heavy atom. The average molecular weight is 490 g/mol. The molecule has 0 aliphatic rings. The van der Waals surface area contributed by atoms with Crippen LogP contribution in [0.4, 0.5) is 0 Å². The van der Waals surface area contributed by atoms with E-state index in [4.69, 9.17) is 17.5 Å². The van der Waals surface area contributed by atoms with E-state index in [1.807, 2.05) is 0 Å². The van der Waals surface area contributed by atoms with Crippen LogP contribution in [0.5, 0.6) is 23.0 Å². The Balaban J connectivity index is 0.000000927. The Morgan fingerprint density at radius 3 is 1.59 bits per heavy atom. The van der Waals surface area contributed by atoms with Crippen molar-refractivity contribution in [3.8, 4) is 23.0 Å². The van der Waals surface area contributed by atoms with Gasteiger partial charge in [0.15, 0.2) is 0 Å². The summed E-state index contributed by atoms with van der Waals surface area (Å²) in [5.74, 6) is -0.237. The molecule has 0 unspecified atom stereocenters. The number of benzene rings is 2. The van der Waals surface area contributed by atoms with E-state index in [0.29, 0.717) is 22.5 Å². The first-order chi connectivity index (χ1) is 15.7. The molecule has 3 rings (SSSR count). The molecule has 3 aromatic rings. The minimum atomic E-state index is -5.17. The molecule has 1 heterocycles. The molecule has 0 bridgehead atoms. The standard InChI is InChI=1S/C22H20N2O5.H2O4S/c1-23-16(5-3-14-7-18(25)12-19(26)8-14)11-17(24(2)22(23)29)6-4-15-9-20(27)13-21(28)10-15;1-5(2,3)4/h3-13H,1-2H3,(H3-,25,26,27,28);(H2,1,2,3,4)/b5-3+,6-4+;. The summed E-state index contributed by atoms with van der Waals surface area (Å²) in [6.07, 6.45) is 6.75. The minimum Gasteiger partial charge on any atom is -0.759 e. The molecule has 11 nitrogen and oxygen atoms in total. The second-order valence-corrected chi connectivity index (χ2v) is 7.85. The van der Waals surface area contributed by atoms with E-state index in [9.17, 15) is 25.2 Å². The van der Waals surface area contributed by atoms with E-state index < -0.39 is 10.4 Å². The third-order valence-electron chi connectivity index (χ3n) is 4.39. The summed E-state index contributed by atoms with van der Waals surface area (Å²) in [4.78, 5) is 12.5. The maximum atomic E-state index is 12.5. The van der Waals surface area contributed by atoms with Gasteiger partial charge >= 0.3 is 7.12 Å². The van der Waals surface area contributed by atoms with Gasteiger partial charge in [-0.3, -0.25) is 8.42 Å². The van der Waals surface area contributed by atoms with Crippen LogP contribution in [0.3, 0.4) is 0 Å². The largest absolute Gasteiger partial charge is 1.00 e. The number of phenols is 4. The fraction of sp³-hybridized carbons (Fsp3) is 0.0909. The van der Waals surface area contributed by atoms with Gasteiger partial charge in [0.05, 0.1) is 14.1 Å². The number of nitrogens with zero attached hydrogens (tertiary/aromatic N) is 2. The summed E-state index contributed by atoms with van der Waals surface area (Å²) in [5, 5.41) is 38.4. The lowest BCUT2D eigenvalue weighted by molar-refractivity contribution is -0.692. The van der Waals surface area contributed by atoms with Gasteiger partial charge in [0, 0.05) is 28.6 Å². The molecule has 34 heavy (non-hydrogen) atoms. The van der Waals surface area contributed by atoms with Crippen molar-refractivity contribution in [1.82, 2.24) is 4.57 Å². The highest BCUT2D eigenvalue weighted by Gasteiger charge is 2.13. The van der Waals surface area contributed by atoms with Crippen molar-refractivity contribution < 1.29 is 43.9 Å². The zero-order valence-corrected chi connectivity index (χ0v) is 18.8. The first-order valence-corrected chi connectivity index (χ1v) is 10.8. The molecule has 0 radical (unpaired) electrons. The van der Waals surface area contributed by atoms with Gasteiger partial charge in [-0.15, -0.1) is 0 Å². The van der Waals surface area contributed by atoms with Crippen molar-refractivity contribution >= 4 is 34.7 Å². The Kier molecular flexibility index (Phi) is 8.19. The molecule has 0 aliphatic heterocycles. The summed E-state index contributed by atoms with van der Waals surface area (Å²) in [5.41, 5.74) is 2.12. The van der Waals surface area contributed by atoms with Crippen LogP contribution in [0, 0.1) is 0 Å². The predicted octanol–water partition coefficient (Wildman–Crippen LogP) is 1.15. The molecule has 12 heteroatoms. The molecule has 180 valence electrons. The number of hydrogen-bond donors (Lipinski definition) is 4. The van der Waals surface area contributed by atoms with Crippen molar-refractivity contribution in [1.29, 1.82) is 0 Å². The lowest BCUT2D eigenvalue weighted by Gasteiger charge is -2.06. The Labute approximate surface area is 196 Å². The van der Waals surface area contributed by atoms with Gasteiger partial charge in [-0.05, 0) is 47.5 Å². The lowest BCUT2D eigenvalue weighted by Crippen LogP contribution is -2.53. The van der Waals surface area contributed by atoms with Gasteiger partial charge in [-0.1, -0.05) is 12.2 Å². The monoisotopic (exact) mass is 490 g/mol. The number of phenolic OH excluding ortho intramolecular Hbond substituents is 4. The van der Waals surface area contributed by atoms with Crippen LogP contribution >= 0.6 is 0 Å². The number of aromatic nitrogens is 2. The van der Waals surface area contributed by atoms with Crippen LogP contribution in [0.2, 0.25) is 0 Å². The second-order valence-electron chi connectivity index (χ2n) is 7.04. The number of aromatic hydroxyl groups is 4. The van der Waals surface area contributed by atoms with Crippen molar-refractivity contribution in [2.24, 2.45) is 14.1 Å². The molecule has 0 aliphatic carbocycles. The highest BCUT2D eigenvalue weighted by Crippen LogP contribution is 2.23. The first kappa shape index (κ1) is 26.1.